The normalized spacial score (nSPS) is 16.3. The fourth-order valence-electron chi connectivity index (χ4n) is 2.22. The van der Waals surface area contributed by atoms with E-state index in [1.54, 1.807) is 0 Å². The molecule has 1 heterocycles. The van der Waals surface area contributed by atoms with Gasteiger partial charge < -0.3 is 10.0 Å². The molecule has 1 fully saturated rings. The molecule has 1 aliphatic rings. The molecule has 1 aromatic heterocycles. The van der Waals surface area contributed by atoms with Gasteiger partial charge in [0.25, 0.3) is 0 Å². The molecule has 0 saturated heterocycles. The van der Waals surface area contributed by atoms with Crippen LogP contribution in [0.4, 0.5) is 5.82 Å². The Morgan fingerprint density at radius 1 is 1.50 bits per heavy atom. The van der Waals surface area contributed by atoms with Crippen molar-refractivity contribution in [1.82, 2.24) is 9.97 Å². The number of carboxylic acid groups (broad SMARTS) is 1. The van der Waals surface area contributed by atoms with E-state index >= 15 is 0 Å². The minimum Gasteiger partial charge on any atom is -0.477 e. The Kier molecular flexibility index (Phi) is 3.03. The van der Waals surface area contributed by atoms with Crippen molar-refractivity contribution in [3.05, 3.63) is 18.1 Å². The molecule has 1 N–H and O–H groups in total. The Hall–Kier alpha value is -1.65. The molecule has 86 valence electrons. The molecule has 1 aromatic rings. The van der Waals surface area contributed by atoms with Gasteiger partial charge in [0.05, 0.1) is 0 Å². The highest BCUT2D eigenvalue weighted by Gasteiger charge is 2.24. The largest absolute Gasteiger partial charge is 0.477 e. The highest BCUT2D eigenvalue weighted by molar-refractivity contribution is 5.92. The molecule has 16 heavy (non-hydrogen) atoms. The molecule has 0 radical (unpaired) electrons. The number of hydrogen-bond acceptors (Lipinski definition) is 4. The number of aromatic carboxylic acids is 1. The Morgan fingerprint density at radius 3 is 2.81 bits per heavy atom. The zero-order chi connectivity index (χ0) is 11.5. The van der Waals surface area contributed by atoms with E-state index in [-0.39, 0.29) is 5.56 Å². The molecular formula is C11H15N3O2. The molecule has 1 saturated carbocycles. The minimum absolute atomic E-state index is 0.178. The smallest absolute Gasteiger partial charge is 0.341 e. The van der Waals surface area contributed by atoms with Crippen LogP contribution in [0.5, 0.6) is 0 Å². The summed E-state index contributed by atoms with van der Waals surface area (Å²) >= 11 is 0. The maximum atomic E-state index is 11.0. The zero-order valence-corrected chi connectivity index (χ0v) is 9.26. The van der Waals surface area contributed by atoms with Crippen LogP contribution in [0.1, 0.15) is 36.0 Å². The molecule has 0 spiro atoms. The first-order chi connectivity index (χ1) is 7.70. The van der Waals surface area contributed by atoms with Crippen molar-refractivity contribution < 1.29 is 9.90 Å². The van der Waals surface area contributed by atoms with E-state index in [0.717, 1.165) is 12.8 Å². The van der Waals surface area contributed by atoms with Crippen molar-refractivity contribution >= 4 is 11.8 Å². The van der Waals surface area contributed by atoms with E-state index in [1.807, 2.05) is 11.9 Å². The number of aromatic nitrogens is 2. The van der Waals surface area contributed by atoms with Crippen molar-refractivity contribution in [3.8, 4) is 0 Å². The van der Waals surface area contributed by atoms with Crippen molar-refractivity contribution in [1.29, 1.82) is 0 Å². The molecule has 0 unspecified atom stereocenters. The number of rotatable bonds is 3. The van der Waals surface area contributed by atoms with Crippen LogP contribution in [0.2, 0.25) is 0 Å². The van der Waals surface area contributed by atoms with Gasteiger partial charge in [0.2, 0.25) is 0 Å². The van der Waals surface area contributed by atoms with E-state index in [4.69, 9.17) is 5.11 Å². The summed E-state index contributed by atoms with van der Waals surface area (Å²) in [5.41, 5.74) is 0.178. The van der Waals surface area contributed by atoms with Crippen LogP contribution in [0.15, 0.2) is 12.5 Å². The quantitative estimate of drug-likeness (QED) is 0.838. The standard InChI is InChI=1S/C11H15N3O2/c1-14(8-4-2-3-5-8)10-9(11(15)16)6-12-7-13-10/h6-8H,2-5H2,1H3,(H,15,16). The molecule has 0 amide bonds. The van der Waals surface area contributed by atoms with Crippen LogP contribution in [-0.4, -0.2) is 34.1 Å². The lowest BCUT2D eigenvalue weighted by Gasteiger charge is -2.26. The second-order valence-electron chi connectivity index (χ2n) is 4.11. The lowest BCUT2D eigenvalue weighted by molar-refractivity contribution is 0.0696. The molecule has 5 heteroatoms. The number of nitrogens with zero attached hydrogens (tertiary/aromatic N) is 3. The van der Waals surface area contributed by atoms with Crippen molar-refractivity contribution in [2.45, 2.75) is 31.7 Å². The molecule has 5 nitrogen and oxygen atoms in total. The van der Waals surface area contributed by atoms with Crippen molar-refractivity contribution in [3.63, 3.8) is 0 Å². The second kappa shape index (κ2) is 4.47. The summed E-state index contributed by atoms with van der Waals surface area (Å²) in [7, 11) is 1.91. The van der Waals surface area contributed by atoms with Gasteiger partial charge in [0.15, 0.2) is 0 Å². The third-order valence-electron chi connectivity index (χ3n) is 3.13. The van der Waals surface area contributed by atoms with Gasteiger partial charge in [-0.25, -0.2) is 14.8 Å². The maximum absolute atomic E-state index is 11.0. The Bertz CT molecular complexity index is 389. The predicted octanol–water partition coefficient (Wildman–Crippen LogP) is 1.55. The van der Waals surface area contributed by atoms with Gasteiger partial charge in [-0.05, 0) is 12.8 Å². The molecule has 0 aliphatic heterocycles. The van der Waals surface area contributed by atoms with Crippen molar-refractivity contribution in [2.24, 2.45) is 0 Å². The SMILES string of the molecule is CN(c1ncncc1C(=O)O)C1CCCC1. The monoisotopic (exact) mass is 221 g/mol. The average Bonchev–Trinajstić information content (AvgIpc) is 2.81. The summed E-state index contributed by atoms with van der Waals surface area (Å²) in [5.74, 6) is -0.449. The second-order valence-corrected chi connectivity index (χ2v) is 4.11. The summed E-state index contributed by atoms with van der Waals surface area (Å²) in [6.45, 7) is 0. The Labute approximate surface area is 94.1 Å². The van der Waals surface area contributed by atoms with Gasteiger partial charge in [-0.3, -0.25) is 0 Å². The van der Waals surface area contributed by atoms with Gasteiger partial charge in [-0.2, -0.15) is 0 Å². The van der Waals surface area contributed by atoms with Crippen LogP contribution in [0.25, 0.3) is 0 Å². The van der Waals surface area contributed by atoms with Crippen LogP contribution in [-0.2, 0) is 0 Å². The number of hydrogen-bond donors (Lipinski definition) is 1. The van der Waals surface area contributed by atoms with E-state index in [2.05, 4.69) is 9.97 Å². The maximum Gasteiger partial charge on any atom is 0.341 e. The van der Waals surface area contributed by atoms with E-state index in [9.17, 15) is 4.79 Å². The number of anilines is 1. The van der Waals surface area contributed by atoms with Crippen LogP contribution in [0.3, 0.4) is 0 Å². The molecule has 2 rings (SSSR count). The first-order valence-electron chi connectivity index (χ1n) is 5.46. The van der Waals surface area contributed by atoms with Crippen LogP contribution in [0, 0.1) is 0 Å². The summed E-state index contributed by atoms with van der Waals surface area (Å²) in [4.78, 5) is 20.8. The van der Waals surface area contributed by atoms with Gasteiger partial charge in [0, 0.05) is 19.3 Å². The minimum atomic E-state index is -0.972. The van der Waals surface area contributed by atoms with E-state index < -0.39 is 5.97 Å². The van der Waals surface area contributed by atoms with Gasteiger partial charge in [-0.1, -0.05) is 12.8 Å². The lowest BCUT2D eigenvalue weighted by Crippen LogP contribution is -2.31. The first kappa shape index (κ1) is 10.9. The van der Waals surface area contributed by atoms with Crippen molar-refractivity contribution in [2.75, 3.05) is 11.9 Å². The number of carboxylic acids is 1. The van der Waals surface area contributed by atoms with E-state index in [1.165, 1.54) is 25.4 Å². The molecule has 0 atom stereocenters. The van der Waals surface area contributed by atoms with Gasteiger partial charge in [-0.15, -0.1) is 0 Å². The summed E-state index contributed by atoms with van der Waals surface area (Å²) < 4.78 is 0. The molecular weight excluding hydrogens is 206 g/mol. The highest BCUT2D eigenvalue weighted by atomic mass is 16.4. The first-order valence-corrected chi connectivity index (χ1v) is 5.46. The third kappa shape index (κ3) is 1.98. The molecule has 0 aromatic carbocycles. The fraction of sp³-hybridized carbons (Fsp3) is 0.545. The predicted molar refractivity (Wildman–Crippen MR) is 59.7 cm³/mol. The zero-order valence-electron chi connectivity index (χ0n) is 9.26. The third-order valence-corrected chi connectivity index (χ3v) is 3.13. The summed E-state index contributed by atoms with van der Waals surface area (Å²) in [6.07, 6.45) is 7.40. The summed E-state index contributed by atoms with van der Waals surface area (Å²) in [6, 6.07) is 0.410. The van der Waals surface area contributed by atoms with Crippen LogP contribution >= 0.6 is 0 Å². The average molecular weight is 221 g/mol. The van der Waals surface area contributed by atoms with E-state index in [0.29, 0.717) is 11.9 Å². The summed E-state index contributed by atoms with van der Waals surface area (Å²) in [5, 5.41) is 9.05. The Balaban J connectivity index is 2.27. The lowest BCUT2D eigenvalue weighted by atomic mass is 10.2. The fourth-order valence-corrected chi connectivity index (χ4v) is 2.22. The van der Waals surface area contributed by atoms with Crippen LogP contribution < -0.4 is 4.90 Å². The molecule has 1 aliphatic carbocycles. The number of carbonyl (C=O) groups is 1. The highest BCUT2D eigenvalue weighted by Crippen LogP contribution is 2.27. The van der Waals surface area contributed by atoms with Gasteiger partial charge >= 0.3 is 5.97 Å². The molecule has 0 bridgehead atoms. The van der Waals surface area contributed by atoms with Gasteiger partial charge in [0.1, 0.15) is 17.7 Å². The Morgan fingerprint density at radius 2 is 2.19 bits per heavy atom. The topological polar surface area (TPSA) is 66.3 Å².